The highest BCUT2D eigenvalue weighted by Crippen LogP contribution is 2.45. The molecule has 4 aromatic rings. The third-order valence-corrected chi connectivity index (χ3v) is 9.08. The molecular formula is C29H27F2N3O6S. The van der Waals surface area contributed by atoms with Gasteiger partial charge in [-0.05, 0) is 54.8 Å². The number of carbonyl (C=O) groups excluding carboxylic acids is 1. The molecule has 1 saturated carbocycles. The van der Waals surface area contributed by atoms with Gasteiger partial charge < -0.3 is 24.5 Å². The predicted molar refractivity (Wildman–Crippen MR) is 145 cm³/mol. The van der Waals surface area contributed by atoms with Gasteiger partial charge in [0.1, 0.15) is 5.82 Å². The summed E-state index contributed by atoms with van der Waals surface area (Å²) >= 11 is 0. The Bertz CT molecular complexity index is 1750. The van der Waals surface area contributed by atoms with Crippen LogP contribution in [-0.2, 0) is 16.4 Å². The maximum atomic E-state index is 13.7. The van der Waals surface area contributed by atoms with Gasteiger partial charge in [-0.15, -0.1) is 8.78 Å². The predicted octanol–water partition coefficient (Wildman–Crippen LogP) is 4.54. The molecule has 1 aromatic heterocycles. The molecule has 214 valence electrons. The number of imidazole rings is 1. The molecule has 2 aliphatic rings. The van der Waals surface area contributed by atoms with Crippen LogP contribution in [0.15, 0.2) is 65.6 Å². The van der Waals surface area contributed by atoms with Crippen LogP contribution in [-0.4, -0.2) is 47.6 Å². The largest absolute Gasteiger partial charge is 0.586 e. The lowest BCUT2D eigenvalue weighted by atomic mass is 10.1. The summed E-state index contributed by atoms with van der Waals surface area (Å²) in [7, 11) is -3.37. The second kappa shape index (κ2) is 10.1. The van der Waals surface area contributed by atoms with Crippen molar-refractivity contribution in [1.82, 2.24) is 14.9 Å². The highest BCUT2D eigenvalue weighted by atomic mass is 32.2. The number of para-hydroxylation sites is 1. The van der Waals surface area contributed by atoms with Crippen LogP contribution in [0.4, 0.5) is 8.78 Å². The van der Waals surface area contributed by atoms with Crippen LogP contribution in [0.3, 0.4) is 0 Å². The third kappa shape index (κ3) is 5.24. The van der Waals surface area contributed by atoms with Crippen LogP contribution in [0.1, 0.15) is 59.0 Å². The number of alkyl halides is 2. The quantitative estimate of drug-likeness (QED) is 0.297. The third-order valence-electron chi connectivity index (χ3n) is 7.33. The van der Waals surface area contributed by atoms with Gasteiger partial charge in [0, 0.05) is 17.0 Å². The fourth-order valence-electron chi connectivity index (χ4n) is 4.98. The summed E-state index contributed by atoms with van der Waals surface area (Å²) in [6.07, 6.45) is -1.81. The number of ether oxygens (including phenoxy) is 2. The first-order valence-corrected chi connectivity index (χ1v) is 14.9. The number of hydrogen-bond acceptors (Lipinski definition) is 7. The second-order valence-electron chi connectivity index (χ2n) is 10.1. The van der Waals surface area contributed by atoms with Crippen molar-refractivity contribution in [3.05, 3.63) is 83.2 Å². The lowest BCUT2D eigenvalue weighted by molar-refractivity contribution is -0.286. The fourth-order valence-corrected chi connectivity index (χ4v) is 5.86. The lowest BCUT2D eigenvalue weighted by Crippen LogP contribution is -2.30. The van der Waals surface area contributed by atoms with Gasteiger partial charge in [0.05, 0.1) is 40.9 Å². The Morgan fingerprint density at radius 1 is 1.15 bits per heavy atom. The van der Waals surface area contributed by atoms with E-state index < -0.39 is 28.1 Å². The monoisotopic (exact) mass is 583 g/mol. The van der Waals surface area contributed by atoms with Crippen molar-refractivity contribution in [3.63, 3.8) is 0 Å². The summed E-state index contributed by atoms with van der Waals surface area (Å²) in [5.74, 6) is 0.534. The summed E-state index contributed by atoms with van der Waals surface area (Å²) in [5, 5.41) is 12.7. The van der Waals surface area contributed by atoms with Crippen LogP contribution >= 0.6 is 0 Å². The summed E-state index contributed by atoms with van der Waals surface area (Å²) in [5.41, 5.74) is 2.71. The molecular weight excluding hydrogens is 556 g/mol. The first-order valence-electron chi connectivity index (χ1n) is 13.2. The standard InChI is InChI=1S/C29H27F2N3O6S/c1-2-41(37,38)21-11-8-17(9-12-21)23(16-35)33-28(36)19-10-13-24-22(14-19)32-27(18-6-7-18)34(24)15-20-4-3-5-25-26(20)40-29(30,31)39-25/h3-5,8-14,18,23,35H,2,6-7,15-16H2,1H3,(H,33,36). The summed E-state index contributed by atoms with van der Waals surface area (Å²) in [6.45, 7) is 1.40. The van der Waals surface area contributed by atoms with E-state index in [2.05, 4.69) is 10.1 Å². The number of halogens is 2. The zero-order chi connectivity index (χ0) is 28.9. The Hall–Kier alpha value is -4.03. The van der Waals surface area contributed by atoms with Crippen molar-refractivity contribution in [1.29, 1.82) is 0 Å². The molecule has 2 heterocycles. The Morgan fingerprint density at radius 2 is 1.90 bits per heavy atom. The van der Waals surface area contributed by atoms with E-state index in [9.17, 15) is 27.1 Å². The van der Waals surface area contributed by atoms with Gasteiger partial charge in [-0.3, -0.25) is 4.79 Å². The molecule has 1 atom stereocenters. The molecule has 1 unspecified atom stereocenters. The number of amides is 1. The highest BCUT2D eigenvalue weighted by Gasteiger charge is 2.44. The minimum Gasteiger partial charge on any atom is -0.395 e. The number of benzene rings is 3. The van der Waals surface area contributed by atoms with Gasteiger partial charge in [0.2, 0.25) is 0 Å². The number of aliphatic hydroxyl groups excluding tert-OH is 1. The Morgan fingerprint density at radius 3 is 2.59 bits per heavy atom. The van der Waals surface area contributed by atoms with Crippen molar-refractivity contribution < 1.29 is 36.6 Å². The van der Waals surface area contributed by atoms with E-state index in [1.165, 1.54) is 18.2 Å². The summed E-state index contributed by atoms with van der Waals surface area (Å²) < 4.78 is 63.0. The van der Waals surface area contributed by atoms with E-state index in [-0.39, 0.29) is 41.2 Å². The SMILES string of the molecule is CCS(=O)(=O)c1ccc(C(CO)NC(=O)c2ccc3c(c2)nc(C2CC2)n3Cc2cccc3c2OC(F)(F)O3)cc1. The van der Waals surface area contributed by atoms with Crippen LogP contribution in [0.2, 0.25) is 0 Å². The number of nitrogens with zero attached hydrogens (tertiary/aromatic N) is 2. The lowest BCUT2D eigenvalue weighted by Gasteiger charge is -2.17. The number of fused-ring (bicyclic) bond motifs is 2. The molecule has 0 radical (unpaired) electrons. The molecule has 0 spiro atoms. The van der Waals surface area contributed by atoms with E-state index in [0.29, 0.717) is 22.2 Å². The fraction of sp³-hybridized carbons (Fsp3) is 0.310. The number of nitrogens with one attached hydrogen (secondary N) is 1. The number of hydrogen-bond donors (Lipinski definition) is 2. The molecule has 3 aromatic carbocycles. The van der Waals surface area contributed by atoms with Crippen LogP contribution in [0, 0.1) is 0 Å². The first kappa shape index (κ1) is 27.2. The molecule has 2 N–H and O–H groups in total. The minimum atomic E-state index is -3.72. The molecule has 1 aliphatic carbocycles. The highest BCUT2D eigenvalue weighted by molar-refractivity contribution is 7.91. The van der Waals surface area contributed by atoms with Crippen molar-refractivity contribution in [2.75, 3.05) is 12.4 Å². The Kier molecular flexibility index (Phi) is 6.69. The number of aromatic nitrogens is 2. The minimum absolute atomic E-state index is 0.00698. The van der Waals surface area contributed by atoms with E-state index in [0.717, 1.165) is 24.2 Å². The summed E-state index contributed by atoms with van der Waals surface area (Å²) in [6, 6.07) is 15.1. The molecule has 41 heavy (non-hydrogen) atoms. The molecule has 6 rings (SSSR count). The number of rotatable bonds is 9. The van der Waals surface area contributed by atoms with Crippen LogP contribution in [0.5, 0.6) is 11.5 Å². The van der Waals surface area contributed by atoms with Gasteiger partial charge in [0.15, 0.2) is 21.3 Å². The van der Waals surface area contributed by atoms with Crippen molar-refractivity contribution >= 4 is 26.8 Å². The first-order chi connectivity index (χ1) is 19.6. The Labute approximate surface area is 234 Å². The van der Waals surface area contributed by atoms with Crippen LogP contribution < -0.4 is 14.8 Å². The Balaban J connectivity index is 1.26. The maximum Gasteiger partial charge on any atom is 0.586 e. The molecule has 0 bridgehead atoms. The summed E-state index contributed by atoms with van der Waals surface area (Å²) in [4.78, 5) is 18.1. The van der Waals surface area contributed by atoms with E-state index in [1.807, 2.05) is 4.57 Å². The molecule has 1 aliphatic heterocycles. The van der Waals surface area contributed by atoms with Crippen molar-refractivity contribution in [3.8, 4) is 11.5 Å². The zero-order valence-electron chi connectivity index (χ0n) is 22.0. The number of sulfone groups is 1. The molecule has 9 nitrogen and oxygen atoms in total. The molecule has 1 fully saturated rings. The normalized spacial score (nSPS) is 16.6. The average molecular weight is 584 g/mol. The second-order valence-corrected chi connectivity index (χ2v) is 12.4. The zero-order valence-corrected chi connectivity index (χ0v) is 22.8. The van der Waals surface area contributed by atoms with Gasteiger partial charge >= 0.3 is 6.29 Å². The topological polar surface area (TPSA) is 120 Å². The maximum absolute atomic E-state index is 13.7. The van der Waals surface area contributed by atoms with E-state index >= 15 is 0 Å². The number of aliphatic hydroxyl groups is 1. The average Bonchev–Trinajstić information content (AvgIpc) is 3.67. The molecule has 1 amide bonds. The number of carbonyl (C=O) groups is 1. The van der Waals surface area contributed by atoms with Crippen molar-refractivity contribution in [2.24, 2.45) is 0 Å². The molecule has 0 saturated heterocycles. The van der Waals surface area contributed by atoms with Crippen molar-refractivity contribution in [2.45, 2.75) is 49.5 Å². The van der Waals surface area contributed by atoms with Gasteiger partial charge in [0.25, 0.3) is 5.91 Å². The smallest absolute Gasteiger partial charge is 0.395 e. The van der Waals surface area contributed by atoms with E-state index in [4.69, 9.17) is 9.72 Å². The van der Waals surface area contributed by atoms with Crippen LogP contribution in [0.25, 0.3) is 11.0 Å². The van der Waals surface area contributed by atoms with E-state index in [1.54, 1.807) is 49.4 Å². The van der Waals surface area contributed by atoms with Gasteiger partial charge in [-0.2, -0.15) is 0 Å². The van der Waals surface area contributed by atoms with Gasteiger partial charge in [-0.25, -0.2) is 13.4 Å². The van der Waals surface area contributed by atoms with Gasteiger partial charge in [-0.1, -0.05) is 31.2 Å². The molecule has 12 heteroatoms.